The summed E-state index contributed by atoms with van der Waals surface area (Å²) in [4.78, 5) is 26.3. The van der Waals surface area contributed by atoms with Crippen LogP contribution in [-0.4, -0.2) is 22.8 Å². The van der Waals surface area contributed by atoms with Gasteiger partial charge in [0, 0.05) is 6.20 Å². The fraction of sp³-hybridized carbons (Fsp3) is 0.364. The summed E-state index contributed by atoms with van der Waals surface area (Å²) < 4.78 is 0. The molecule has 0 bridgehead atoms. The summed E-state index contributed by atoms with van der Waals surface area (Å²) in [6.07, 6.45) is 1.47. The normalized spacial score (nSPS) is 13.8. The summed E-state index contributed by atoms with van der Waals surface area (Å²) in [6, 6.07) is 4.23. The SMILES string of the molecule is C[C@H](NC(=O)C(N)CC(N)=O)c1ccccn1. The first-order chi connectivity index (χ1) is 8.00. The summed E-state index contributed by atoms with van der Waals surface area (Å²) in [5.74, 6) is -1.01. The Bertz CT molecular complexity index is 394. The molecule has 1 rings (SSSR count). The van der Waals surface area contributed by atoms with E-state index in [1.165, 1.54) is 0 Å². The lowest BCUT2D eigenvalue weighted by Crippen LogP contribution is -2.43. The van der Waals surface area contributed by atoms with Crippen LogP contribution in [0.25, 0.3) is 0 Å². The molecule has 0 aliphatic rings. The molecule has 0 saturated carbocycles. The maximum Gasteiger partial charge on any atom is 0.237 e. The van der Waals surface area contributed by atoms with Crippen LogP contribution in [0.5, 0.6) is 0 Å². The van der Waals surface area contributed by atoms with Crippen LogP contribution >= 0.6 is 0 Å². The number of aromatic nitrogens is 1. The van der Waals surface area contributed by atoms with Crippen molar-refractivity contribution in [2.75, 3.05) is 0 Å². The quantitative estimate of drug-likeness (QED) is 0.637. The van der Waals surface area contributed by atoms with E-state index in [0.717, 1.165) is 5.69 Å². The van der Waals surface area contributed by atoms with Gasteiger partial charge in [0.2, 0.25) is 11.8 Å². The number of carbonyl (C=O) groups excluding carboxylic acids is 2. The minimum atomic E-state index is -0.918. The van der Waals surface area contributed by atoms with Crippen molar-refractivity contribution in [2.24, 2.45) is 11.5 Å². The van der Waals surface area contributed by atoms with Gasteiger partial charge in [-0.05, 0) is 19.1 Å². The van der Waals surface area contributed by atoms with Crippen LogP contribution in [0.2, 0.25) is 0 Å². The van der Waals surface area contributed by atoms with Crippen LogP contribution in [0.4, 0.5) is 0 Å². The first-order valence-corrected chi connectivity index (χ1v) is 5.26. The topological polar surface area (TPSA) is 111 Å². The number of pyridine rings is 1. The number of hydrogen-bond donors (Lipinski definition) is 3. The van der Waals surface area contributed by atoms with Crippen molar-refractivity contribution in [3.8, 4) is 0 Å². The Labute approximate surface area is 99.4 Å². The van der Waals surface area contributed by atoms with Gasteiger partial charge in [0.05, 0.1) is 24.2 Å². The van der Waals surface area contributed by atoms with Gasteiger partial charge in [-0.2, -0.15) is 0 Å². The van der Waals surface area contributed by atoms with E-state index in [1.54, 1.807) is 25.3 Å². The molecule has 0 saturated heterocycles. The number of rotatable bonds is 5. The molecule has 17 heavy (non-hydrogen) atoms. The number of primary amides is 1. The van der Waals surface area contributed by atoms with Crippen molar-refractivity contribution in [1.29, 1.82) is 0 Å². The van der Waals surface area contributed by atoms with E-state index >= 15 is 0 Å². The largest absolute Gasteiger partial charge is 0.370 e. The summed E-state index contributed by atoms with van der Waals surface area (Å²) in [5, 5.41) is 2.67. The summed E-state index contributed by atoms with van der Waals surface area (Å²) in [7, 11) is 0. The highest BCUT2D eigenvalue weighted by Crippen LogP contribution is 2.07. The molecule has 5 N–H and O–H groups in total. The van der Waals surface area contributed by atoms with Crippen molar-refractivity contribution >= 4 is 11.8 Å². The van der Waals surface area contributed by atoms with Gasteiger partial charge in [-0.3, -0.25) is 14.6 Å². The van der Waals surface area contributed by atoms with Crippen molar-refractivity contribution in [2.45, 2.75) is 25.4 Å². The Hall–Kier alpha value is -1.95. The van der Waals surface area contributed by atoms with Crippen LogP contribution in [0.1, 0.15) is 25.1 Å². The molecule has 0 aromatic carbocycles. The average molecular weight is 236 g/mol. The van der Waals surface area contributed by atoms with Crippen LogP contribution in [-0.2, 0) is 9.59 Å². The molecule has 6 heteroatoms. The van der Waals surface area contributed by atoms with Gasteiger partial charge in [-0.1, -0.05) is 6.07 Å². The molecule has 0 radical (unpaired) electrons. The minimum Gasteiger partial charge on any atom is -0.370 e. The lowest BCUT2D eigenvalue weighted by Gasteiger charge is -2.16. The predicted octanol–water partition coefficient (Wildman–Crippen LogP) is -0.538. The summed E-state index contributed by atoms with van der Waals surface area (Å²) >= 11 is 0. The number of hydrogen-bond acceptors (Lipinski definition) is 4. The van der Waals surface area contributed by atoms with E-state index in [4.69, 9.17) is 11.5 Å². The molecule has 0 spiro atoms. The zero-order chi connectivity index (χ0) is 12.8. The van der Waals surface area contributed by atoms with E-state index < -0.39 is 17.9 Å². The molecule has 0 aliphatic carbocycles. The predicted molar refractivity (Wildman–Crippen MR) is 62.6 cm³/mol. The van der Waals surface area contributed by atoms with Crippen molar-refractivity contribution < 1.29 is 9.59 Å². The highest BCUT2D eigenvalue weighted by Gasteiger charge is 2.18. The zero-order valence-electron chi connectivity index (χ0n) is 9.59. The molecule has 1 unspecified atom stereocenters. The molecule has 2 atom stereocenters. The second-order valence-electron chi connectivity index (χ2n) is 3.76. The maximum atomic E-state index is 11.6. The monoisotopic (exact) mass is 236 g/mol. The van der Waals surface area contributed by atoms with Gasteiger partial charge in [-0.25, -0.2) is 0 Å². The maximum absolute atomic E-state index is 11.6. The molecule has 2 amide bonds. The van der Waals surface area contributed by atoms with Crippen LogP contribution in [0, 0.1) is 0 Å². The van der Waals surface area contributed by atoms with Crippen molar-refractivity contribution in [3.05, 3.63) is 30.1 Å². The smallest absolute Gasteiger partial charge is 0.237 e. The van der Waals surface area contributed by atoms with E-state index in [1.807, 2.05) is 6.07 Å². The summed E-state index contributed by atoms with van der Waals surface area (Å²) in [6.45, 7) is 1.79. The first kappa shape index (κ1) is 13.1. The van der Waals surface area contributed by atoms with Gasteiger partial charge in [0.25, 0.3) is 0 Å². The van der Waals surface area contributed by atoms with Crippen LogP contribution in [0.15, 0.2) is 24.4 Å². The fourth-order valence-corrected chi connectivity index (χ4v) is 1.34. The van der Waals surface area contributed by atoms with Gasteiger partial charge in [-0.15, -0.1) is 0 Å². The number of amides is 2. The van der Waals surface area contributed by atoms with Gasteiger partial charge in [0.15, 0.2) is 0 Å². The van der Waals surface area contributed by atoms with E-state index in [9.17, 15) is 9.59 Å². The first-order valence-electron chi connectivity index (χ1n) is 5.26. The standard InChI is InChI=1S/C11H16N4O2/c1-7(9-4-2-3-5-14-9)15-11(17)8(12)6-10(13)16/h2-5,7-8H,6,12H2,1H3,(H2,13,16)(H,15,17)/t7-,8?/m0/s1. The molecular weight excluding hydrogens is 220 g/mol. The Morgan fingerprint density at radius 2 is 2.18 bits per heavy atom. The highest BCUT2D eigenvalue weighted by molar-refractivity contribution is 5.87. The van der Waals surface area contributed by atoms with Gasteiger partial charge < -0.3 is 16.8 Å². The number of nitrogens with one attached hydrogen (secondary N) is 1. The molecule has 0 fully saturated rings. The van der Waals surface area contributed by atoms with E-state index in [-0.39, 0.29) is 12.5 Å². The molecule has 1 heterocycles. The lowest BCUT2D eigenvalue weighted by atomic mass is 10.1. The Morgan fingerprint density at radius 3 is 2.71 bits per heavy atom. The molecule has 1 aromatic heterocycles. The van der Waals surface area contributed by atoms with E-state index in [2.05, 4.69) is 10.3 Å². The van der Waals surface area contributed by atoms with Crippen LogP contribution < -0.4 is 16.8 Å². The zero-order valence-corrected chi connectivity index (χ0v) is 9.59. The van der Waals surface area contributed by atoms with Crippen molar-refractivity contribution in [3.63, 3.8) is 0 Å². The van der Waals surface area contributed by atoms with Crippen LogP contribution in [0.3, 0.4) is 0 Å². The third-order valence-electron chi connectivity index (χ3n) is 2.25. The highest BCUT2D eigenvalue weighted by atomic mass is 16.2. The molecule has 1 aromatic rings. The van der Waals surface area contributed by atoms with Gasteiger partial charge in [0.1, 0.15) is 0 Å². The second-order valence-corrected chi connectivity index (χ2v) is 3.76. The molecule has 6 nitrogen and oxygen atoms in total. The number of carbonyl (C=O) groups is 2. The van der Waals surface area contributed by atoms with Gasteiger partial charge >= 0.3 is 0 Å². The summed E-state index contributed by atoms with van der Waals surface area (Å²) in [5.41, 5.74) is 11.2. The van der Waals surface area contributed by atoms with Crippen molar-refractivity contribution in [1.82, 2.24) is 10.3 Å². The van der Waals surface area contributed by atoms with E-state index in [0.29, 0.717) is 0 Å². The third-order valence-corrected chi connectivity index (χ3v) is 2.25. The molecule has 92 valence electrons. The fourth-order valence-electron chi connectivity index (χ4n) is 1.34. The molecule has 0 aliphatic heterocycles. The average Bonchev–Trinajstić information content (AvgIpc) is 2.29. The Morgan fingerprint density at radius 1 is 1.47 bits per heavy atom. The third kappa shape index (κ3) is 4.20. The number of nitrogens with two attached hydrogens (primary N) is 2. The molecular formula is C11H16N4O2. The second kappa shape index (κ2) is 5.95. The Balaban J connectivity index is 2.54. The minimum absolute atomic E-state index is 0.166. The lowest BCUT2D eigenvalue weighted by molar-refractivity contribution is -0.126. The Kier molecular flexibility index (Phi) is 4.59. The number of nitrogens with zero attached hydrogens (tertiary/aromatic N) is 1.